The largest absolute Gasteiger partial charge is 0.381 e. The van der Waals surface area contributed by atoms with E-state index in [2.05, 4.69) is 9.82 Å². The van der Waals surface area contributed by atoms with Gasteiger partial charge in [0.1, 0.15) is 0 Å². The molecule has 0 radical (unpaired) electrons. The van der Waals surface area contributed by atoms with E-state index in [1.807, 2.05) is 0 Å². The predicted octanol–water partition coefficient (Wildman–Crippen LogP) is -0.275. The van der Waals surface area contributed by atoms with Gasteiger partial charge in [-0.2, -0.15) is 5.10 Å². The Bertz CT molecular complexity index is 675. The Balaban J connectivity index is 1.41. The van der Waals surface area contributed by atoms with E-state index in [4.69, 9.17) is 4.74 Å². The Hall–Kier alpha value is -1.45. The zero-order chi connectivity index (χ0) is 17.2. The van der Waals surface area contributed by atoms with Crippen LogP contribution < -0.4 is 4.72 Å². The van der Waals surface area contributed by atoms with Crippen LogP contribution in [-0.2, 0) is 33.1 Å². The smallest absolute Gasteiger partial charge is 0.225 e. The lowest BCUT2D eigenvalue weighted by atomic mass is 9.94. The van der Waals surface area contributed by atoms with Crippen LogP contribution in [0.25, 0.3) is 0 Å². The Kier molecular flexibility index (Phi) is 5.21. The van der Waals surface area contributed by atoms with Crippen molar-refractivity contribution in [1.29, 1.82) is 0 Å². The second-order valence-electron chi connectivity index (χ2n) is 6.62. The number of nitrogens with zero attached hydrogens (tertiary/aromatic N) is 3. The quantitative estimate of drug-likeness (QED) is 0.757. The molecule has 9 heteroatoms. The number of ether oxygens (including phenoxy) is 1. The Morgan fingerprint density at radius 1 is 1.38 bits per heavy atom. The summed E-state index contributed by atoms with van der Waals surface area (Å²) in [6.45, 7) is 2.59. The molecule has 0 atom stereocenters. The molecule has 3 rings (SSSR count). The average Bonchev–Trinajstić information content (AvgIpc) is 2.95. The first-order valence-corrected chi connectivity index (χ1v) is 9.89. The minimum atomic E-state index is -3.35. The third kappa shape index (κ3) is 4.34. The number of hydrogen-bond donors (Lipinski definition) is 1. The van der Waals surface area contributed by atoms with Crippen molar-refractivity contribution in [2.24, 2.45) is 18.9 Å². The van der Waals surface area contributed by atoms with Crippen LogP contribution in [0.4, 0.5) is 0 Å². The molecular formula is C15H24N4O4S. The number of aromatic nitrogens is 2. The monoisotopic (exact) mass is 356 g/mol. The normalized spacial score (nSPS) is 20.1. The average molecular weight is 356 g/mol. The van der Waals surface area contributed by atoms with Crippen LogP contribution in [-0.4, -0.2) is 61.1 Å². The van der Waals surface area contributed by atoms with Gasteiger partial charge in [-0.3, -0.25) is 9.48 Å². The SMILES string of the molecule is Cn1cc(CNS(=O)(=O)CC2CN(C(=O)C3CCOCC3)C2)cn1. The lowest BCUT2D eigenvalue weighted by molar-refractivity contribution is -0.144. The van der Waals surface area contributed by atoms with Crippen LogP contribution in [0.1, 0.15) is 18.4 Å². The van der Waals surface area contributed by atoms with Gasteiger partial charge < -0.3 is 9.64 Å². The molecule has 0 bridgehead atoms. The van der Waals surface area contributed by atoms with Gasteiger partial charge in [0.2, 0.25) is 15.9 Å². The van der Waals surface area contributed by atoms with E-state index in [-0.39, 0.29) is 30.0 Å². The van der Waals surface area contributed by atoms with Crippen molar-refractivity contribution < 1.29 is 17.9 Å². The van der Waals surface area contributed by atoms with Crippen molar-refractivity contribution >= 4 is 15.9 Å². The third-order valence-corrected chi connectivity index (χ3v) is 6.04. The summed E-state index contributed by atoms with van der Waals surface area (Å²) in [6.07, 6.45) is 4.95. The van der Waals surface area contributed by atoms with Crippen LogP contribution in [0.5, 0.6) is 0 Å². The number of aryl methyl sites for hydroxylation is 1. The van der Waals surface area contributed by atoms with E-state index in [9.17, 15) is 13.2 Å². The van der Waals surface area contributed by atoms with E-state index in [0.717, 1.165) is 18.4 Å². The summed E-state index contributed by atoms with van der Waals surface area (Å²) in [6, 6.07) is 0. The molecule has 8 nitrogen and oxygen atoms in total. The molecule has 24 heavy (non-hydrogen) atoms. The first-order chi connectivity index (χ1) is 11.4. The first kappa shape index (κ1) is 17.4. The Morgan fingerprint density at radius 3 is 2.71 bits per heavy atom. The second kappa shape index (κ2) is 7.20. The van der Waals surface area contributed by atoms with Gasteiger partial charge in [-0.1, -0.05) is 0 Å². The maximum Gasteiger partial charge on any atom is 0.225 e. The first-order valence-electron chi connectivity index (χ1n) is 8.24. The van der Waals surface area contributed by atoms with Crippen molar-refractivity contribution in [2.75, 3.05) is 32.1 Å². The molecule has 1 amide bonds. The molecule has 1 N–H and O–H groups in total. The van der Waals surface area contributed by atoms with Gasteiger partial charge in [0.25, 0.3) is 0 Å². The van der Waals surface area contributed by atoms with Gasteiger partial charge in [-0.25, -0.2) is 13.1 Å². The molecule has 0 spiro atoms. The standard InChI is InChI=1S/C15H24N4O4S/c1-18-8-12(6-16-18)7-17-24(21,22)11-13-9-19(10-13)15(20)14-2-4-23-5-3-14/h6,8,13-14,17H,2-5,7,9-11H2,1H3. The number of rotatable bonds is 6. The van der Waals surface area contributed by atoms with Crippen molar-refractivity contribution in [2.45, 2.75) is 19.4 Å². The molecular weight excluding hydrogens is 332 g/mol. The van der Waals surface area contributed by atoms with Crippen LogP contribution in [0.3, 0.4) is 0 Å². The number of likely N-dealkylation sites (tertiary alicyclic amines) is 1. The highest BCUT2D eigenvalue weighted by atomic mass is 32.2. The molecule has 2 aliphatic rings. The number of sulfonamides is 1. The predicted molar refractivity (Wildman–Crippen MR) is 87.4 cm³/mol. The summed E-state index contributed by atoms with van der Waals surface area (Å²) in [5.74, 6) is 0.264. The number of carbonyl (C=O) groups is 1. The fraction of sp³-hybridized carbons (Fsp3) is 0.733. The molecule has 0 aromatic carbocycles. The van der Waals surface area contributed by atoms with Crippen LogP contribution in [0, 0.1) is 11.8 Å². The fourth-order valence-electron chi connectivity index (χ4n) is 3.18. The van der Waals surface area contributed by atoms with Crippen molar-refractivity contribution in [3.05, 3.63) is 18.0 Å². The highest BCUT2D eigenvalue weighted by molar-refractivity contribution is 7.89. The Labute approximate surface area is 142 Å². The minimum absolute atomic E-state index is 0.0141. The molecule has 134 valence electrons. The van der Waals surface area contributed by atoms with E-state index in [0.29, 0.717) is 26.3 Å². The van der Waals surface area contributed by atoms with Crippen molar-refractivity contribution in [3.8, 4) is 0 Å². The molecule has 0 unspecified atom stereocenters. The zero-order valence-electron chi connectivity index (χ0n) is 13.8. The lowest BCUT2D eigenvalue weighted by Crippen LogP contribution is -2.55. The van der Waals surface area contributed by atoms with Crippen LogP contribution >= 0.6 is 0 Å². The fourth-order valence-corrected chi connectivity index (χ4v) is 4.52. The highest BCUT2D eigenvalue weighted by Crippen LogP contribution is 2.24. The van der Waals surface area contributed by atoms with Crippen LogP contribution in [0.15, 0.2) is 12.4 Å². The van der Waals surface area contributed by atoms with Crippen LogP contribution in [0.2, 0.25) is 0 Å². The van der Waals surface area contributed by atoms with Crippen molar-refractivity contribution in [3.63, 3.8) is 0 Å². The maximum atomic E-state index is 12.3. The van der Waals surface area contributed by atoms with E-state index < -0.39 is 10.0 Å². The maximum absolute atomic E-state index is 12.3. The summed E-state index contributed by atoms with van der Waals surface area (Å²) < 4.78 is 33.8. The molecule has 3 heterocycles. The second-order valence-corrected chi connectivity index (χ2v) is 8.47. The highest BCUT2D eigenvalue weighted by Gasteiger charge is 2.37. The zero-order valence-corrected chi connectivity index (χ0v) is 14.7. The third-order valence-electron chi connectivity index (χ3n) is 4.55. The molecule has 1 aromatic heterocycles. The molecule has 1 aromatic rings. The summed E-state index contributed by atoms with van der Waals surface area (Å²) >= 11 is 0. The van der Waals surface area contributed by atoms with Crippen molar-refractivity contribution in [1.82, 2.24) is 19.4 Å². The van der Waals surface area contributed by atoms with Gasteiger partial charge >= 0.3 is 0 Å². The van der Waals surface area contributed by atoms with Gasteiger partial charge in [0.15, 0.2) is 0 Å². The van der Waals surface area contributed by atoms with Gasteiger partial charge in [0, 0.05) is 63.5 Å². The Morgan fingerprint density at radius 2 is 2.08 bits per heavy atom. The summed E-state index contributed by atoms with van der Waals surface area (Å²) in [7, 11) is -1.56. The topological polar surface area (TPSA) is 93.5 Å². The van der Waals surface area contributed by atoms with Gasteiger partial charge in [-0.05, 0) is 12.8 Å². The summed E-state index contributed by atoms with van der Waals surface area (Å²) in [4.78, 5) is 14.1. The minimum Gasteiger partial charge on any atom is -0.381 e. The summed E-state index contributed by atoms with van der Waals surface area (Å²) in [5, 5.41) is 4.01. The number of hydrogen-bond acceptors (Lipinski definition) is 5. The number of carbonyl (C=O) groups excluding carboxylic acids is 1. The van der Waals surface area contributed by atoms with E-state index in [1.165, 1.54) is 0 Å². The van der Waals surface area contributed by atoms with Gasteiger partial charge in [-0.15, -0.1) is 0 Å². The number of nitrogens with one attached hydrogen (secondary N) is 1. The summed E-state index contributed by atoms with van der Waals surface area (Å²) in [5.41, 5.74) is 0.825. The molecule has 2 fully saturated rings. The molecule has 0 aliphatic carbocycles. The van der Waals surface area contributed by atoms with E-state index in [1.54, 1.807) is 29.0 Å². The lowest BCUT2D eigenvalue weighted by Gasteiger charge is -2.41. The van der Waals surface area contributed by atoms with Gasteiger partial charge in [0.05, 0.1) is 11.9 Å². The molecule has 2 aliphatic heterocycles. The number of amides is 1. The van der Waals surface area contributed by atoms with E-state index >= 15 is 0 Å². The molecule has 0 saturated carbocycles. The molecule has 2 saturated heterocycles.